The smallest absolute Gasteiger partial charge is 0.0545 e. The van der Waals surface area contributed by atoms with Crippen molar-refractivity contribution in [3.05, 3.63) is 63.4 Å². The predicted octanol–water partition coefficient (Wildman–Crippen LogP) is 4.55. The fourth-order valence-corrected chi connectivity index (χ4v) is 2.37. The number of nitrogens with one attached hydrogen (secondary N) is 1. The molecule has 19 heavy (non-hydrogen) atoms. The minimum absolute atomic E-state index is 0.119. The third kappa shape index (κ3) is 3.93. The highest BCUT2D eigenvalue weighted by molar-refractivity contribution is 6.33. The van der Waals surface area contributed by atoms with Gasteiger partial charge in [0.2, 0.25) is 0 Å². The van der Waals surface area contributed by atoms with Crippen LogP contribution in [-0.4, -0.2) is 4.98 Å². The average molecular weight is 295 g/mol. The first kappa shape index (κ1) is 14.3. The molecule has 0 saturated heterocycles. The third-order valence-electron chi connectivity index (χ3n) is 2.96. The lowest BCUT2D eigenvalue weighted by Crippen LogP contribution is -2.19. The summed E-state index contributed by atoms with van der Waals surface area (Å²) in [5.74, 6) is 0. The zero-order valence-corrected chi connectivity index (χ0v) is 12.5. The van der Waals surface area contributed by atoms with Gasteiger partial charge in [-0.1, -0.05) is 29.3 Å². The van der Waals surface area contributed by atoms with E-state index in [4.69, 9.17) is 23.2 Å². The van der Waals surface area contributed by atoms with Gasteiger partial charge in [-0.2, -0.15) is 0 Å². The minimum Gasteiger partial charge on any atom is -0.305 e. The molecule has 0 spiro atoms. The molecular weight excluding hydrogens is 279 g/mol. The molecule has 0 radical (unpaired) electrons. The third-order valence-corrected chi connectivity index (χ3v) is 3.54. The van der Waals surface area contributed by atoms with Gasteiger partial charge in [-0.05, 0) is 49.7 Å². The fourth-order valence-electron chi connectivity index (χ4n) is 1.91. The second-order valence-corrected chi connectivity index (χ2v) is 5.38. The number of rotatable bonds is 4. The van der Waals surface area contributed by atoms with Gasteiger partial charge in [0, 0.05) is 28.3 Å². The van der Waals surface area contributed by atoms with E-state index < -0.39 is 0 Å². The molecule has 1 aromatic carbocycles. The molecule has 100 valence electrons. The van der Waals surface area contributed by atoms with E-state index >= 15 is 0 Å². The molecule has 0 bridgehead atoms. The molecule has 0 aliphatic rings. The van der Waals surface area contributed by atoms with Crippen LogP contribution >= 0.6 is 23.2 Å². The summed E-state index contributed by atoms with van der Waals surface area (Å²) in [5, 5.41) is 4.82. The quantitative estimate of drug-likeness (QED) is 0.895. The molecule has 2 nitrogen and oxygen atoms in total. The Labute approximate surface area is 123 Å². The molecule has 0 aliphatic carbocycles. The molecule has 1 atom stereocenters. The maximum absolute atomic E-state index is 6.18. The van der Waals surface area contributed by atoms with E-state index in [0.717, 1.165) is 22.0 Å². The Morgan fingerprint density at radius 2 is 2.00 bits per heavy atom. The molecule has 1 unspecified atom stereocenters. The van der Waals surface area contributed by atoms with Gasteiger partial charge in [0.1, 0.15) is 0 Å². The first-order chi connectivity index (χ1) is 9.06. The number of halogens is 2. The summed E-state index contributed by atoms with van der Waals surface area (Å²) < 4.78 is 0. The van der Waals surface area contributed by atoms with Gasteiger partial charge in [0.25, 0.3) is 0 Å². The monoisotopic (exact) mass is 294 g/mol. The van der Waals surface area contributed by atoms with Gasteiger partial charge in [-0.15, -0.1) is 0 Å². The number of nitrogens with zero attached hydrogens (tertiary/aromatic N) is 1. The second-order valence-electron chi connectivity index (χ2n) is 4.54. The number of benzene rings is 1. The van der Waals surface area contributed by atoms with Crippen LogP contribution in [0.4, 0.5) is 0 Å². The van der Waals surface area contributed by atoms with Crippen molar-refractivity contribution in [3.63, 3.8) is 0 Å². The number of aromatic nitrogens is 1. The maximum atomic E-state index is 6.18. The Kier molecular flexibility index (Phi) is 4.81. The summed E-state index contributed by atoms with van der Waals surface area (Å²) in [5.41, 5.74) is 3.04. The Morgan fingerprint density at radius 3 is 2.74 bits per heavy atom. The van der Waals surface area contributed by atoms with E-state index in [2.05, 4.69) is 17.2 Å². The molecule has 1 N–H and O–H groups in total. The SMILES string of the molecule is Cc1cccc(CNC(C)c2cc(Cl)ccc2Cl)n1. The molecule has 1 heterocycles. The largest absolute Gasteiger partial charge is 0.305 e. The lowest BCUT2D eigenvalue weighted by atomic mass is 10.1. The van der Waals surface area contributed by atoms with Gasteiger partial charge in [-0.25, -0.2) is 0 Å². The topological polar surface area (TPSA) is 24.9 Å². The van der Waals surface area contributed by atoms with E-state index in [1.54, 1.807) is 6.07 Å². The minimum atomic E-state index is 0.119. The fraction of sp³-hybridized carbons (Fsp3) is 0.267. The summed E-state index contributed by atoms with van der Waals surface area (Å²) in [6.45, 7) is 4.75. The van der Waals surface area contributed by atoms with Crippen LogP contribution in [0.3, 0.4) is 0 Å². The molecule has 0 aliphatic heterocycles. The maximum Gasteiger partial charge on any atom is 0.0545 e. The van der Waals surface area contributed by atoms with Crippen molar-refractivity contribution in [2.24, 2.45) is 0 Å². The van der Waals surface area contributed by atoms with Gasteiger partial charge in [0.15, 0.2) is 0 Å². The lowest BCUT2D eigenvalue weighted by Gasteiger charge is -2.16. The Hall–Kier alpha value is -1.09. The number of hydrogen-bond acceptors (Lipinski definition) is 2. The Bertz CT molecular complexity index is 570. The molecular formula is C15H16Cl2N2. The summed E-state index contributed by atoms with van der Waals surface area (Å²) >= 11 is 12.2. The summed E-state index contributed by atoms with van der Waals surface area (Å²) in [6.07, 6.45) is 0. The van der Waals surface area contributed by atoms with Crippen LogP contribution < -0.4 is 5.32 Å². The molecule has 1 aromatic heterocycles. The second kappa shape index (κ2) is 6.38. The first-order valence-corrected chi connectivity index (χ1v) is 6.92. The summed E-state index contributed by atoms with van der Waals surface area (Å²) in [7, 11) is 0. The highest BCUT2D eigenvalue weighted by Gasteiger charge is 2.10. The first-order valence-electron chi connectivity index (χ1n) is 6.17. The van der Waals surface area contributed by atoms with Crippen molar-refractivity contribution in [2.45, 2.75) is 26.4 Å². The van der Waals surface area contributed by atoms with Crippen LogP contribution in [-0.2, 0) is 6.54 Å². The zero-order valence-electron chi connectivity index (χ0n) is 11.0. The molecule has 2 rings (SSSR count). The Balaban J connectivity index is 2.05. The average Bonchev–Trinajstić information content (AvgIpc) is 2.39. The van der Waals surface area contributed by atoms with E-state index in [0.29, 0.717) is 11.6 Å². The molecule has 2 aromatic rings. The lowest BCUT2D eigenvalue weighted by molar-refractivity contribution is 0.567. The standard InChI is InChI=1S/C15H16Cl2N2/c1-10-4-3-5-13(19-10)9-18-11(2)14-8-12(16)6-7-15(14)17/h3-8,11,18H,9H2,1-2H3. The molecule has 4 heteroatoms. The number of aryl methyl sites for hydroxylation is 1. The number of pyridine rings is 1. The molecule has 0 fully saturated rings. The van der Waals surface area contributed by atoms with Crippen LogP contribution in [0.25, 0.3) is 0 Å². The van der Waals surface area contributed by atoms with E-state index in [-0.39, 0.29) is 6.04 Å². The van der Waals surface area contributed by atoms with Crippen molar-refractivity contribution in [1.29, 1.82) is 0 Å². The predicted molar refractivity (Wildman–Crippen MR) is 80.7 cm³/mol. The van der Waals surface area contributed by atoms with Crippen molar-refractivity contribution in [3.8, 4) is 0 Å². The van der Waals surface area contributed by atoms with Crippen LogP contribution in [0.2, 0.25) is 10.0 Å². The van der Waals surface area contributed by atoms with Crippen LogP contribution in [0.1, 0.15) is 29.9 Å². The Morgan fingerprint density at radius 1 is 1.21 bits per heavy atom. The van der Waals surface area contributed by atoms with Gasteiger partial charge in [-0.3, -0.25) is 4.98 Å². The highest BCUT2D eigenvalue weighted by Crippen LogP contribution is 2.26. The summed E-state index contributed by atoms with van der Waals surface area (Å²) in [6, 6.07) is 11.6. The number of hydrogen-bond donors (Lipinski definition) is 1. The van der Waals surface area contributed by atoms with Crippen molar-refractivity contribution < 1.29 is 0 Å². The van der Waals surface area contributed by atoms with Crippen molar-refractivity contribution in [1.82, 2.24) is 10.3 Å². The normalized spacial score (nSPS) is 12.4. The van der Waals surface area contributed by atoms with Gasteiger partial charge in [0.05, 0.1) is 5.69 Å². The van der Waals surface area contributed by atoms with Gasteiger partial charge < -0.3 is 5.32 Å². The van der Waals surface area contributed by atoms with Gasteiger partial charge >= 0.3 is 0 Å². The van der Waals surface area contributed by atoms with Crippen LogP contribution in [0, 0.1) is 6.92 Å². The van der Waals surface area contributed by atoms with Crippen molar-refractivity contribution >= 4 is 23.2 Å². The van der Waals surface area contributed by atoms with Crippen LogP contribution in [0.5, 0.6) is 0 Å². The zero-order chi connectivity index (χ0) is 13.8. The molecule has 0 amide bonds. The van der Waals surface area contributed by atoms with E-state index in [1.165, 1.54) is 0 Å². The van der Waals surface area contributed by atoms with E-state index in [1.807, 2.05) is 37.3 Å². The highest BCUT2D eigenvalue weighted by atomic mass is 35.5. The van der Waals surface area contributed by atoms with Crippen molar-refractivity contribution in [2.75, 3.05) is 0 Å². The summed E-state index contributed by atoms with van der Waals surface area (Å²) in [4.78, 5) is 4.46. The van der Waals surface area contributed by atoms with E-state index in [9.17, 15) is 0 Å². The van der Waals surface area contributed by atoms with Crippen LogP contribution in [0.15, 0.2) is 36.4 Å². The molecule has 0 saturated carbocycles.